The van der Waals surface area contributed by atoms with Crippen molar-refractivity contribution in [2.45, 2.75) is 26.8 Å². The molecule has 3 heteroatoms. The summed E-state index contributed by atoms with van der Waals surface area (Å²) in [6.07, 6.45) is 1.02. The zero-order valence-electron chi connectivity index (χ0n) is 11.5. The summed E-state index contributed by atoms with van der Waals surface area (Å²) in [4.78, 5) is 4.59. The standard InChI is InChI=1S/C16H20N2O/c1-3-10-19-15-7-4-13(5-8-15)16-9-6-14(11-17)12(2)18-16/h4-9H,3,10-11,17H2,1-2H3. The van der Waals surface area contributed by atoms with Crippen LogP contribution in [0.1, 0.15) is 24.6 Å². The second-order valence-corrected chi connectivity index (χ2v) is 4.52. The number of nitrogens with two attached hydrogens (primary N) is 1. The third kappa shape index (κ3) is 3.32. The Bertz CT molecular complexity index is 535. The smallest absolute Gasteiger partial charge is 0.119 e. The van der Waals surface area contributed by atoms with Crippen LogP contribution in [0.25, 0.3) is 11.3 Å². The van der Waals surface area contributed by atoms with Crippen molar-refractivity contribution in [1.82, 2.24) is 4.98 Å². The molecule has 0 saturated heterocycles. The van der Waals surface area contributed by atoms with Crippen LogP contribution in [0.4, 0.5) is 0 Å². The van der Waals surface area contributed by atoms with E-state index in [9.17, 15) is 0 Å². The highest BCUT2D eigenvalue weighted by molar-refractivity contribution is 5.60. The molecule has 1 aromatic carbocycles. The van der Waals surface area contributed by atoms with Crippen molar-refractivity contribution in [2.24, 2.45) is 5.73 Å². The van der Waals surface area contributed by atoms with E-state index in [4.69, 9.17) is 10.5 Å². The van der Waals surface area contributed by atoms with E-state index in [0.29, 0.717) is 6.54 Å². The maximum absolute atomic E-state index is 5.65. The van der Waals surface area contributed by atoms with Gasteiger partial charge in [0.05, 0.1) is 12.3 Å². The van der Waals surface area contributed by atoms with Crippen LogP contribution in [0.3, 0.4) is 0 Å². The fraction of sp³-hybridized carbons (Fsp3) is 0.312. The monoisotopic (exact) mass is 256 g/mol. The molecule has 100 valence electrons. The molecule has 0 spiro atoms. The van der Waals surface area contributed by atoms with Crippen molar-refractivity contribution in [3.63, 3.8) is 0 Å². The minimum absolute atomic E-state index is 0.531. The van der Waals surface area contributed by atoms with Crippen molar-refractivity contribution in [3.8, 4) is 17.0 Å². The van der Waals surface area contributed by atoms with E-state index in [1.54, 1.807) is 0 Å². The molecule has 2 aromatic rings. The van der Waals surface area contributed by atoms with Gasteiger partial charge in [0.1, 0.15) is 5.75 Å². The molecule has 0 amide bonds. The maximum Gasteiger partial charge on any atom is 0.119 e. The second kappa shape index (κ2) is 6.34. The molecule has 19 heavy (non-hydrogen) atoms. The molecule has 0 aliphatic heterocycles. The molecule has 0 saturated carbocycles. The molecule has 0 radical (unpaired) electrons. The van der Waals surface area contributed by atoms with Gasteiger partial charge in [-0.1, -0.05) is 13.0 Å². The zero-order chi connectivity index (χ0) is 13.7. The van der Waals surface area contributed by atoms with Gasteiger partial charge in [-0.15, -0.1) is 0 Å². The Morgan fingerprint density at radius 3 is 2.42 bits per heavy atom. The summed E-state index contributed by atoms with van der Waals surface area (Å²) in [5, 5.41) is 0. The summed E-state index contributed by atoms with van der Waals surface area (Å²) in [5.41, 5.74) is 9.79. The van der Waals surface area contributed by atoms with E-state index in [1.165, 1.54) is 0 Å². The molecule has 0 aliphatic carbocycles. The fourth-order valence-electron chi connectivity index (χ4n) is 1.91. The molecule has 0 bridgehead atoms. The van der Waals surface area contributed by atoms with Gasteiger partial charge in [0.15, 0.2) is 0 Å². The average Bonchev–Trinajstić information content (AvgIpc) is 2.45. The van der Waals surface area contributed by atoms with Crippen LogP contribution in [0.2, 0.25) is 0 Å². The summed E-state index contributed by atoms with van der Waals surface area (Å²) < 4.78 is 5.57. The van der Waals surface area contributed by atoms with Crippen LogP contribution in [-0.2, 0) is 6.54 Å². The first kappa shape index (κ1) is 13.6. The van der Waals surface area contributed by atoms with Crippen molar-refractivity contribution >= 4 is 0 Å². The number of nitrogens with zero attached hydrogens (tertiary/aromatic N) is 1. The molecule has 3 nitrogen and oxygen atoms in total. The molecule has 0 aliphatic rings. The molecular weight excluding hydrogens is 236 g/mol. The lowest BCUT2D eigenvalue weighted by Gasteiger charge is -2.08. The average molecular weight is 256 g/mol. The Hall–Kier alpha value is -1.87. The number of hydrogen-bond donors (Lipinski definition) is 1. The van der Waals surface area contributed by atoms with E-state index in [0.717, 1.165) is 41.3 Å². The molecule has 0 atom stereocenters. The van der Waals surface area contributed by atoms with Gasteiger partial charge in [-0.05, 0) is 49.2 Å². The maximum atomic E-state index is 5.65. The third-order valence-corrected chi connectivity index (χ3v) is 3.04. The molecular formula is C16H20N2O. The number of benzene rings is 1. The highest BCUT2D eigenvalue weighted by Gasteiger charge is 2.03. The minimum atomic E-state index is 0.531. The van der Waals surface area contributed by atoms with Crippen LogP contribution in [0, 0.1) is 6.92 Å². The summed E-state index contributed by atoms with van der Waals surface area (Å²) in [6.45, 7) is 5.37. The number of ether oxygens (including phenoxy) is 1. The highest BCUT2D eigenvalue weighted by Crippen LogP contribution is 2.22. The van der Waals surface area contributed by atoms with E-state index < -0.39 is 0 Å². The third-order valence-electron chi connectivity index (χ3n) is 3.04. The summed E-state index contributed by atoms with van der Waals surface area (Å²) in [6, 6.07) is 12.1. The predicted octanol–water partition coefficient (Wildman–Crippen LogP) is 3.30. The molecule has 2 N–H and O–H groups in total. The zero-order valence-corrected chi connectivity index (χ0v) is 11.5. The number of hydrogen-bond acceptors (Lipinski definition) is 3. The van der Waals surface area contributed by atoms with Crippen molar-refractivity contribution < 1.29 is 4.74 Å². The van der Waals surface area contributed by atoms with E-state index >= 15 is 0 Å². The van der Waals surface area contributed by atoms with E-state index in [2.05, 4.69) is 11.9 Å². The summed E-state index contributed by atoms with van der Waals surface area (Å²) in [5.74, 6) is 0.904. The topological polar surface area (TPSA) is 48.1 Å². The van der Waals surface area contributed by atoms with Gasteiger partial charge in [0.2, 0.25) is 0 Å². The predicted molar refractivity (Wildman–Crippen MR) is 78.1 cm³/mol. The Labute approximate surface area is 114 Å². The first-order chi connectivity index (χ1) is 9.24. The molecule has 0 fully saturated rings. The Morgan fingerprint density at radius 1 is 1.11 bits per heavy atom. The Morgan fingerprint density at radius 2 is 1.84 bits per heavy atom. The number of pyridine rings is 1. The van der Waals surface area contributed by atoms with Crippen LogP contribution >= 0.6 is 0 Å². The molecule has 2 rings (SSSR count). The number of aromatic nitrogens is 1. The largest absolute Gasteiger partial charge is 0.494 e. The van der Waals surface area contributed by atoms with Gasteiger partial charge >= 0.3 is 0 Å². The lowest BCUT2D eigenvalue weighted by molar-refractivity contribution is 0.317. The van der Waals surface area contributed by atoms with Gasteiger partial charge in [-0.3, -0.25) is 4.98 Å². The second-order valence-electron chi connectivity index (χ2n) is 4.52. The van der Waals surface area contributed by atoms with Gasteiger partial charge in [0, 0.05) is 17.8 Å². The normalized spacial score (nSPS) is 10.5. The Balaban J connectivity index is 2.19. The van der Waals surface area contributed by atoms with Crippen LogP contribution in [-0.4, -0.2) is 11.6 Å². The lowest BCUT2D eigenvalue weighted by Crippen LogP contribution is -2.01. The minimum Gasteiger partial charge on any atom is -0.494 e. The first-order valence-electron chi connectivity index (χ1n) is 6.64. The van der Waals surface area contributed by atoms with Gasteiger partial charge in [-0.25, -0.2) is 0 Å². The van der Waals surface area contributed by atoms with Crippen molar-refractivity contribution in [3.05, 3.63) is 47.7 Å². The SMILES string of the molecule is CCCOc1ccc(-c2ccc(CN)c(C)n2)cc1. The van der Waals surface area contributed by atoms with Crippen molar-refractivity contribution in [1.29, 1.82) is 0 Å². The highest BCUT2D eigenvalue weighted by atomic mass is 16.5. The van der Waals surface area contributed by atoms with Gasteiger partial charge < -0.3 is 10.5 Å². The first-order valence-corrected chi connectivity index (χ1v) is 6.64. The van der Waals surface area contributed by atoms with E-state index in [-0.39, 0.29) is 0 Å². The van der Waals surface area contributed by atoms with Gasteiger partial charge in [-0.2, -0.15) is 0 Å². The fourth-order valence-corrected chi connectivity index (χ4v) is 1.91. The quantitative estimate of drug-likeness (QED) is 0.892. The molecule has 1 heterocycles. The number of rotatable bonds is 5. The van der Waals surface area contributed by atoms with Crippen LogP contribution in [0.5, 0.6) is 5.75 Å². The molecule has 0 unspecified atom stereocenters. The van der Waals surface area contributed by atoms with Crippen LogP contribution in [0.15, 0.2) is 36.4 Å². The number of aryl methyl sites for hydroxylation is 1. The summed E-state index contributed by atoms with van der Waals surface area (Å²) >= 11 is 0. The Kier molecular flexibility index (Phi) is 4.53. The van der Waals surface area contributed by atoms with Gasteiger partial charge in [0.25, 0.3) is 0 Å². The lowest BCUT2D eigenvalue weighted by atomic mass is 10.1. The van der Waals surface area contributed by atoms with E-state index in [1.807, 2.05) is 43.3 Å². The van der Waals surface area contributed by atoms with Crippen LogP contribution < -0.4 is 10.5 Å². The van der Waals surface area contributed by atoms with Crippen molar-refractivity contribution in [2.75, 3.05) is 6.61 Å². The molecule has 1 aromatic heterocycles. The summed E-state index contributed by atoms with van der Waals surface area (Å²) in [7, 11) is 0.